The molecule has 0 saturated carbocycles. The second-order valence-corrected chi connectivity index (χ2v) is 7.17. The smallest absolute Gasteiger partial charge is 0.120 e. The number of aromatic hydroxyl groups is 2. The van der Waals surface area contributed by atoms with Gasteiger partial charge in [-0.1, -0.05) is 24.3 Å². The Morgan fingerprint density at radius 3 is 1.56 bits per heavy atom. The molecule has 0 atom stereocenters. The minimum atomic E-state index is 0.394. The Morgan fingerprint density at radius 2 is 1.16 bits per heavy atom. The Kier molecular flexibility index (Phi) is 5.61. The number of aryl methyl sites for hydroxylation is 2. The molecule has 1 saturated heterocycles. The first-order valence-electron chi connectivity index (χ1n) is 9.03. The first-order valence-corrected chi connectivity index (χ1v) is 9.03. The lowest BCUT2D eigenvalue weighted by atomic mass is 10.1. The van der Waals surface area contributed by atoms with Gasteiger partial charge in [-0.05, 0) is 56.6 Å². The van der Waals surface area contributed by atoms with Gasteiger partial charge >= 0.3 is 0 Å². The average molecular weight is 340 g/mol. The fourth-order valence-electron chi connectivity index (χ4n) is 3.44. The molecule has 4 nitrogen and oxygen atoms in total. The van der Waals surface area contributed by atoms with Crippen molar-refractivity contribution in [3.8, 4) is 11.5 Å². The summed E-state index contributed by atoms with van der Waals surface area (Å²) in [4.78, 5) is 4.80. The van der Waals surface area contributed by atoms with E-state index in [0.717, 1.165) is 67.9 Å². The Labute approximate surface area is 150 Å². The van der Waals surface area contributed by atoms with Gasteiger partial charge < -0.3 is 10.2 Å². The maximum Gasteiger partial charge on any atom is 0.120 e. The molecule has 0 amide bonds. The SMILES string of the molecule is Cc1ccc(CN2CCCN(Cc3ccc(C)cc3O)CC2)c(O)c1. The number of hydrogen-bond donors (Lipinski definition) is 2. The predicted molar refractivity (Wildman–Crippen MR) is 101 cm³/mol. The van der Waals surface area contributed by atoms with Crippen molar-refractivity contribution in [2.45, 2.75) is 33.4 Å². The number of phenols is 2. The molecule has 0 spiro atoms. The molecule has 0 radical (unpaired) electrons. The molecule has 2 aromatic rings. The fourth-order valence-corrected chi connectivity index (χ4v) is 3.44. The number of phenolic OH excluding ortho intramolecular Hbond substituents is 2. The van der Waals surface area contributed by atoms with Crippen LogP contribution in [0.2, 0.25) is 0 Å². The molecule has 0 unspecified atom stereocenters. The van der Waals surface area contributed by atoms with Gasteiger partial charge in [-0.25, -0.2) is 0 Å². The predicted octanol–water partition coefficient (Wildman–Crippen LogP) is 3.42. The fraction of sp³-hybridized carbons (Fsp3) is 0.429. The summed E-state index contributed by atoms with van der Waals surface area (Å²) in [6.45, 7) is 9.57. The molecule has 0 aromatic heterocycles. The van der Waals surface area contributed by atoms with E-state index in [-0.39, 0.29) is 0 Å². The summed E-state index contributed by atoms with van der Waals surface area (Å²) >= 11 is 0. The lowest BCUT2D eigenvalue weighted by Gasteiger charge is -2.22. The van der Waals surface area contributed by atoms with E-state index in [1.807, 2.05) is 38.1 Å². The summed E-state index contributed by atoms with van der Waals surface area (Å²) in [5, 5.41) is 20.3. The summed E-state index contributed by atoms with van der Waals surface area (Å²) in [5.41, 5.74) is 4.16. The van der Waals surface area contributed by atoms with Crippen molar-refractivity contribution in [2.24, 2.45) is 0 Å². The van der Waals surface area contributed by atoms with Crippen LogP contribution in [-0.4, -0.2) is 46.2 Å². The van der Waals surface area contributed by atoms with Crippen LogP contribution in [0.5, 0.6) is 11.5 Å². The number of rotatable bonds is 4. The van der Waals surface area contributed by atoms with Crippen molar-refractivity contribution in [2.75, 3.05) is 26.2 Å². The molecule has 2 N–H and O–H groups in total. The van der Waals surface area contributed by atoms with Crippen molar-refractivity contribution >= 4 is 0 Å². The van der Waals surface area contributed by atoms with Crippen LogP contribution in [-0.2, 0) is 13.1 Å². The molecule has 25 heavy (non-hydrogen) atoms. The number of hydrogen-bond acceptors (Lipinski definition) is 4. The lowest BCUT2D eigenvalue weighted by molar-refractivity contribution is 0.243. The van der Waals surface area contributed by atoms with Gasteiger partial charge in [-0.2, -0.15) is 0 Å². The number of benzene rings is 2. The molecule has 134 valence electrons. The standard InChI is InChI=1S/C21H28N2O2/c1-16-4-6-18(20(24)12-16)14-22-8-3-9-23(11-10-22)15-19-7-5-17(2)13-21(19)25/h4-7,12-13,24-25H,3,8-11,14-15H2,1-2H3. The molecule has 4 heteroatoms. The van der Waals surface area contributed by atoms with Gasteiger partial charge in [0.1, 0.15) is 11.5 Å². The Morgan fingerprint density at radius 1 is 0.720 bits per heavy atom. The van der Waals surface area contributed by atoms with E-state index in [4.69, 9.17) is 0 Å². The van der Waals surface area contributed by atoms with Crippen LogP contribution in [0, 0.1) is 13.8 Å². The summed E-state index contributed by atoms with van der Waals surface area (Å²) in [6.07, 6.45) is 1.10. The van der Waals surface area contributed by atoms with Crippen LogP contribution in [0.25, 0.3) is 0 Å². The minimum absolute atomic E-state index is 0.394. The van der Waals surface area contributed by atoms with Gasteiger partial charge in [0.25, 0.3) is 0 Å². The maximum atomic E-state index is 10.1. The summed E-state index contributed by atoms with van der Waals surface area (Å²) < 4.78 is 0. The molecular formula is C21H28N2O2. The molecule has 1 aliphatic heterocycles. The Bertz CT molecular complexity index is 668. The quantitative estimate of drug-likeness (QED) is 0.895. The first-order chi connectivity index (χ1) is 12.0. The molecular weight excluding hydrogens is 312 g/mol. The van der Waals surface area contributed by atoms with E-state index in [1.165, 1.54) is 0 Å². The number of nitrogens with zero attached hydrogens (tertiary/aromatic N) is 2. The summed E-state index contributed by atoms with van der Waals surface area (Å²) in [6, 6.07) is 11.8. The van der Waals surface area contributed by atoms with Crippen LogP contribution in [0.4, 0.5) is 0 Å². The third-order valence-corrected chi connectivity index (χ3v) is 4.95. The van der Waals surface area contributed by atoms with E-state index < -0.39 is 0 Å². The van der Waals surface area contributed by atoms with Gasteiger partial charge in [0, 0.05) is 37.3 Å². The van der Waals surface area contributed by atoms with Crippen LogP contribution in [0.1, 0.15) is 28.7 Å². The zero-order valence-electron chi connectivity index (χ0n) is 15.2. The van der Waals surface area contributed by atoms with Crippen LogP contribution in [0.15, 0.2) is 36.4 Å². The van der Waals surface area contributed by atoms with Gasteiger partial charge in [0.2, 0.25) is 0 Å². The second kappa shape index (κ2) is 7.89. The normalized spacial score (nSPS) is 16.7. The maximum absolute atomic E-state index is 10.1. The van der Waals surface area contributed by atoms with Gasteiger partial charge in [-0.3, -0.25) is 9.80 Å². The highest BCUT2D eigenvalue weighted by Gasteiger charge is 2.17. The van der Waals surface area contributed by atoms with E-state index in [1.54, 1.807) is 0 Å². The van der Waals surface area contributed by atoms with E-state index >= 15 is 0 Å². The molecule has 1 heterocycles. The third kappa shape index (κ3) is 4.74. The van der Waals surface area contributed by atoms with Crippen LogP contribution >= 0.6 is 0 Å². The molecule has 1 fully saturated rings. The zero-order chi connectivity index (χ0) is 17.8. The third-order valence-electron chi connectivity index (χ3n) is 4.95. The molecule has 0 bridgehead atoms. The van der Waals surface area contributed by atoms with Gasteiger partial charge in [-0.15, -0.1) is 0 Å². The minimum Gasteiger partial charge on any atom is -0.508 e. The van der Waals surface area contributed by atoms with Crippen molar-refractivity contribution in [1.29, 1.82) is 0 Å². The van der Waals surface area contributed by atoms with Crippen LogP contribution in [0.3, 0.4) is 0 Å². The highest BCUT2D eigenvalue weighted by atomic mass is 16.3. The van der Waals surface area contributed by atoms with Crippen molar-refractivity contribution < 1.29 is 10.2 Å². The molecule has 1 aliphatic rings. The largest absolute Gasteiger partial charge is 0.508 e. The molecule has 3 rings (SSSR count). The topological polar surface area (TPSA) is 46.9 Å². The van der Waals surface area contributed by atoms with E-state index in [2.05, 4.69) is 21.9 Å². The van der Waals surface area contributed by atoms with Gasteiger partial charge in [0.15, 0.2) is 0 Å². The van der Waals surface area contributed by atoms with Gasteiger partial charge in [0.05, 0.1) is 0 Å². The lowest BCUT2D eigenvalue weighted by Crippen LogP contribution is -2.30. The molecule has 2 aromatic carbocycles. The zero-order valence-corrected chi connectivity index (χ0v) is 15.2. The first kappa shape index (κ1) is 17.8. The highest BCUT2D eigenvalue weighted by molar-refractivity contribution is 5.36. The highest BCUT2D eigenvalue weighted by Crippen LogP contribution is 2.23. The molecule has 0 aliphatic carbocycles. The van der Waals surface area contributed by atoms with Crippen molar-refractivity contribution in [3.05, 3.63) is 58.7 Å². The summed E-state index contributed by atoms with van der Waals surface area (Å²) in [7, 11) is 0. The van der Waals surface area contributed by atoms with Crippen molar-refractivity contribution in [1.82, 2.24) is 9.80 Å². The van der Waals surface area contributed by atoms with E-state index in [0.29, 0.717) is 11.5 Å². The average Bonchev–Trinajstić information content (AvgIpc) is 2.78. The summed E-state index contributed by atoms with van der Waals surface area (Å²) in [5.74, 6) is 0.788. The Hall–Kier alpha value is -2.04. The second-order valence-electron chi connectivity index (χ2n) is 7.17. The van der Waals surface area contributed by atoms with E-state index in [9.17, 15) is 10.2 Å². The monoisotopic (exact) mass is 340 g/mol. The van der Waals surface area contributed by atoms with Crippen molar-refractivity contribution in [3.63, 3.8) is 0 Å². The van der Waals surface area contributed by atoms with Crippen LogP contribution < -0.4 is 0 Å². The Balaban J connectivity index is 1.58.